The van der Waals surface area contributed by atoms with Crippen LogP contribution < -0.4 is 15.0 Å². The van der Waals surface area contributed by atoms with Crippen molar-refractivity contribution in [2.24, 2.45) is 0 Å². The minimum absolute atomic E-state index is 0.0622. The summed E-state index contributed by atoms with van der Waals surface area (Å²) in [5.41, 5.74) is 1.84. The molecule has 7 nitrogen and oxygen atoms in total. The van der Waals surface area contributed by atoms with Gasteiger partial charge in [0.15, 0.2) is 11.6 Å². The Morgan fingerprint density at radius 3 is 2.56 bits per heavy atom. The number of methoxy groups -OCH3 is 1. The Balaban J connectivity index is 1.66. The maximum Gasteiger partial charge on any atom is 0.327 e. The summed E-state index contributed by atoms with van der Waals surface area (Å²) < 4.78 is 52.5. The van der Waals surface area contributed by atoms with E-state index in [4.69, 9.17) is 9.26 Å². The van der Waals surface area contributed by atoms with E-state index in [-0.39, 0.29) is 17.4 Å². The number of aromatic nitrogens is 2. The first-order chi connectivity index (χ1) is 17.4. The number of halogens is 3. The fraction of sp³-hybridized carbons (Fsp3) is 0.115. The molecule has 0 saturated carbocycles. The molecule has 1 N–H and O–H groups in total. The SMILES string of the molecule is COc1cccc(-c2noc(C3=C(C)N(c4ccc(F)c(F)c4)C(=O)NC3c3cccc(F)c3)n2)c1. The number of amides is 2. The highest BCUT2D eigenvalue weighted by Gasteiger charge is 2.37. The average molecular weight is 492 g/mol. The zero-order chi connectivity index (χ0) is 25.4. The van der Waals surface area contributed by atoms with Crippen molar-refractivity contribution in [3.05, 3.63) is 101 Å². The molecule has 5 rings (SSSR count). The van der Waals surface area contributed by atoms with Gasteiger partial charge in [0, 0.05) is 17.3 Å². The van der Waals surface area contributed by atoms with E-state index in [1.54, 1.807) is 37.3 Å². The van der Waals surface area contributed by atoms with E-state index in [1.807, 2.05) is 0 Å². The van der Waals surface area contributed by atoms with Crippen LogP contribution in [0, 0.1) is 17.5 Å². The summed E-state index contributed by atoms with van der Waals surface area (Å²) in [5, 5.41) is 6.86. The number of urea groups is 1. The van der Waals surface area contributed by atoms with Crippen LogP contribution in [0.2, 0.25) is 0 Å². The molecule has 0 bridgehead atoms. The van der Waals surface area contributed by atoms with Crippen LogP contribution in [0.3, 0.4) is 0 Å². The quantitative estimate of drug-likeness (QED) is 0.377. The Hall–Kier alpha value is -4.60. The van der Waals surface area contributed by atoms with Crippen molar-refractivity contribution in [2.75, 3.05) is 12.0 Å². The molecule has 1 aliphatic heterocycles. The molecule has 1 atom stereocenters. The second-order valence-electron chi connectivity index (χ2n) is 8.03. The molecule has 182 valence electrons. The third-order valence-electron chi connectivity index (χ3n) is 5.81. The number of nitrogens with zero attached hydrogens (tertiary/aromatic N) is 3. The van der Waals surface area contributed by atoms with Gasteiger partial charge in [0.2, 0.25) is 5.82 Å². The van der Waals surface area contributed by atoms with Gasteiger partial charge in [-0.15, -0.1) is 0 Å². The lowest BCUT2D eigenvalue weighted by molar-refractivity contribution is 0.244. The van der Waals surface area contributed by atoms with E-state index in [9.17, 15) is 18.0 Å². The second-order valence-corrected chi connectivity index (χ2v) is 8.03. The molecule has 0 saturated heterocycles. The first-order valence-corrected chi connectivity index (χ1v) is 10.9. The highest BCUT2D eigenvalue weighted by atomic mass is 19.2. The lowest BCUT2D eigenvalue weighted by Crippen LogP contribution is -2.46. The minimum atomic E-state index is -1.11. The van der Waals surface area contributed by atoms with Crippen LogP contribution in [0.25, 0.3) is 17.0 Å². The van der Waals surface area contributed by atoms with Gasteiger partial charge in [-0.25, -0.2) is 18.0 Å². The van der Waals surface area contributed by atoms with Gasteiger partial charge >= 0.3 is 6.03 Å². The first-order valence-electron chi connectivity index (χ1n) is 10.9. The summed E-state index contributed by atoms with van der Waals surface area (Å²) in [6.45, 7) is 1.61. The fourth-order valence-corrected chi connectivity index (χ4v) is 4.10. The molecular formula is C26H19F3N4O3. The standard InChI is InChI=1S/C26H19F3N4O3/c1-14-22(25-31-24(32-36-25)16-6-4-8-19(12-16)35-2)23(15-5-3-7-17(27)11-15)30-26(34)33(14)18-9-10-20(28)21(29)13-18/h3-13,23H,1-2H3,(H,30,34). The Kier molecular flexibility index (Phi) is 5.93. The predicted molar refractivity (Wildman–Crippen MR) is 125 cm³/mol. The Morgan fingerprint density at radius 1 is 1.00 bits per heavy atom. The van der Waals surface area contributed by atoms with Crippen molar-refractivity contribution in [3.8, 4) is 17.1 Å². The number of benzene rings is 3. The molecule has 3 aromatic carbocycles. The normalized spacial score (nSPS) is 15.8. The summed E-state index contributed by atoms with van der Waals surface area (Å²) in [5.74, 6) is -1.73. The van der Waals surface area contributed by atoms with E-state index in [0.717, 1.165) is 12.1 Å². The molecule has 10 heteroatoms. The van der Waals surface area contributed by atoms with Crippen molar-refractivity contribution in [2.45, 2.75) is 13.0 Å². The number of ether oxygens (including phenoxy) is 1. The molecule has 0 fully saturated rings. The van der Waals surface area contributed by atoms with Crippen LogP contribution in [0.4, 0.5) is 23.7 Å². The van der Waals surface area contributed by atoms with E-state index >= 15 is 0 Å². The van der Waals surface area contributed by atoms with Crippen molar-refractivity contribution in [1.82, 2.24) is 15.5 Å². The third kappa shape index (κ3) is 4.17. The molecule has 2 heterocycles. The molecule has 0 spiro atoms. The summed E-state index contributed by atoms with van der Waals surface area (Å²) in [7, 11) is 1.54. The zero-order valence-electron chi connectivity index (χ0n) is 19.1. The smallest absolute Gasteiger partial charge is 0.327 e. The summed E-state index contributed by atoms with van der Waals surface area (Å²) >= 11 is 0. The monoisotopic (exact) mass is 492 g/mol. The number of carbonyl (C=O) groups excluding carboxylic acids is 1. The summed E-state index contributed by atoms with van der Waals surface area (Å²) in [6, 6.07) is 14.4. The van der Waals surface area contributed by atoms with Gasteiger partial charge in [0.25, 0.3) is 5.89 Å². The van der Waals surface area contributed by atoms with Crippen molar-refractivity contribution in [3.63, 3.8) is 0 Å². The van der Waals surface area contributed by atoms with Crippen LogP contribution in [0.1, 0.15) is 24.4 Å². The van der Waals surface area contributed by atoms with E-state index < -0.39 is 29.5 Å². The number of allylic oxidation sites excluding steroid dienone is 1. The Bertz CT molecular complexity index is 1500. The van der Waals surface area contributed by atoms with Gasteiger partial charge in [0.05, 0.1) is 24.4 Å². The molecule has 1 aromatic heterocycles. The first kappa shape index (κ1) is 23.2. The molecule has 0 aliphatic carbocycles. The number of rotatable bonds is 5. The molecule has 1 aliphatic rings. The number of anilines is 1. The van der Waals surface area contributed by atoms with Gasteiger partial charge in [0.1, 0.15) is 11.6 Å². The summed E-state index contributed by atoms with van der Waals surface area (Å²) in [6.07, 6.45) is 0. The van der Waals surface area contributed by atoms with Crippen LogP contribution in [-0.2, 0) is 0 Å². The highest BCUT2D eigenvalue weighted by Crippen LogP contribution is 2.39. The summed E-state index contributed by atoms with van der Waals surface area (Å²) in [4.78, 5) is 18.8. The van der Waals surface area contributed by atoms with Crippen LogP contribution >= 0.6 is 0 Å². The van der Waals surface area contributed by atoms with Crippen molar-refractivity contribution >= 4 is 17.3 Å². The van der Waals surface area contributed by atoms with Crippen molar-refractivity contribution in [1.29, 1.82) is 0 Å². The van der Waals surface area contributed by atoms with E-state index in [1.165, 1.54) is 36.3 Å². The third-order valence-corrected chi connectivity index (χ3v) is 5.81. The average Bonchev–Trinajstić information content (AvgIpc) is 3.35. The maximum atomic E-state index is 14.1. The molecular weight excluding hydrogens is 473 g/mol. The number of nitrogens with one attached hydrogen (secondary N) is 1. The largest absolute Gasteiger partial charge is 0.497 e. The number of hydrogen-bond acceptors (Lipinski definition) is 5. The number of carbonyl (C=O) groups is 1. The molecule has 4 aromatic rings. The van der Waals surface area contributed by atoms with E-state index in [0.29, 0.717) is 28.1 Å². The lowest BCUT2D eigenvalue weighted by atomic mass is 9.94. The van der Waals surface area contributed by atoms with Gasteiger partial charge in [-0.1, -0.05) is 29.4 Å². The fourth-order valence-electron chi connectivity index (χ4n) is 4.10. The molecule has 2 amide bonds. The van der Waals surface area contributed by atoms with Crippen molar-refractivity contribution < 1.29 is 27.2 Å². The Morgan fingerprint density at radius 2 is 1.81 bits per heavy atom. The van der Waals surface area contributed by atoms with Gasteiger partial charge in [-0.05, 0) is 48.9 Å². The van der Waals surface area contributed by atoms with Crippen LogP contribution in [0.5, 0.6) is 5.75 Å². The van der Waals surface area contributed by atoms with Crippen LogP contribution in [0.15, 0.2) is 77.0 Å². The van der Waals surface area contributed by atoms with Gasteiger partial charge < -0.3 is 14.6 Å². The highest BCUT2D eigenvalue weighted by molar-refractivity contribution is 6.01. The maximum absolute atomic E-state index is 14.1. The topological polar surface area (TPSA) is 80.5 Å². The second kappa shape index (κ2) is 9.21. The number of hydrogen-bond donors (Lipinski definition) is 1. The predicted octanol–water partition coefficient (Wildman–Crippen LogP) is 5.86. The molecule has 0 radical (unpaired) electrons. The molecule has 1 unspecified atom stereocenters. The minimum Gasteiger partial charge on any atom is -0.497 e. The Labute approximate surface area is 203 Å². The van der Waals surface area contributed by atoms with Gasteiger partial charge in [-0.2, -0.15) is 4.98 Å². The molecule has 36 heavy (non-hydrogen) atoms. The van der Waals surface area contributed by atoms with E-state index in [2.05, 4.69) is 15.5 Å². The van der Waals surface area contributed by atoms with Gasteiger partial charge in [-0.3, -0.25) is 4.90 Å². The van der Waals surface area contributed by atoms with Crippen LogP contribution in [-0.4, -0.2) is 23.3 Å². The zero-order valence-corrected chi connectivity index (χ0v) is 19.1. The lowest BCUT2D eigenvalue weighted by Gasteiger charge is -2.35.